The molecule has 246 valence electrons. The van der Waals surface area contributed by atoms with E-state index in [1.54, 1.807) is 32.4 Å². The maximum atomic E-state index is 13.8. The van der Waals surface area contributed by atoms with Gasteiger partial charge in [0, 0.05) is 37.3 Å². The van der Waals surface area contributed by atoms with Crippen LogP contribution in [-0.2, 0) is 34.2 Å². The van der Waals surface area contributed by atoms with Crippen LogP contribution < -0.4 is 24.4 Å². The number of para-hydroxylation sites is 1. The maximum Gasteiger partial charge on any atom is 0.290 e. The minimum absolute atomic E-state index is 0.00104. The van der Waals surface area contributed by atoms with Crippen LogP contribution >= 0.6 is 0 Å². The highest BCUT2D eigenvalue weighted by atomic mass is 32.2. The van der Waals surface area contributed by atoms with Crippen molar-refractivity contribution in [3.05, 3.63) is 83.6 Å². The van der Waals surface area contributed by atoms with Gasteiger partial charge in [-0.2, -0.15) is 0 Å². The van der Waals surface area contributed by atoms with Gasteiger partial charge in [0.1, 0.15) is 0 Å². The summed E-state index contributed by atoms with van der Waals surface area (Å²) in [7, 11) is 1.09. The second-order valence-electron chi connectivity index (χ2n) is 10.7. The zero-order valence-electron chi connectivity index (χ0n) is 26.3. The zero-order valence-corrected chi connectivity index (χ0v) is 27.1. The SMILES string of the molecule is CCn1cc2c3c(cc(C(=O)N[C@@H](Cc4ccccc4)[C@H](O)CNc4cccc(OC)c4OC)cc31)N(C)S(=O)(=O)CC2.O=CO. The Kier molecular flexibility index (Phi) is 11.1. The van der Waals surface area contributed by atoms with Gasteiger partial charge in [-0.25, -0.2) is 8.42 Å². The highest BCUT2D eigenvalue weighted by Crippen LogP contribution is 2.37. The van der Waals surface area contributed by atoms with Gasteiger partial charge in [0.25, 0.3) is 12.4 Å². The molecule has 0 fully saturated rings. The molecule has 46 heavy (non-hydrogen) atoms. The molecule has 0 bridgehead atoms. The molecule has 12 nitrogen and oxygen atoms in total. The number of aromatic nitrogens is 1. The summed E-state index contributed by atoms with van der Waals surface area (Å²) in [6, 6.07) is 17.8. The first-order chi connectivity index (χ1) is 22.1. The number of carbonyl (C=O) groups is 2. The molecule has 0 radical (unpaired) electrons. The van der Waals surface area contributed by atoms with E-state index in [1.807, 2.05) is 60.2 Å². The van der Waals surface area contributed by atoms with E-state index >= 15 is 0 Å². The average molecular weight is 653 g/mol. The molecule has 1 aliphatic heterocycles. The van der Waals surface area contributed by atoms with Gasteiger partial charge >= 0.3 is 0 Å². The van der Waals surface area contributed by atoms with Crippen molar-refractivity contribution in [2.24, 2.45) is 0 Å². The van der Waals surface area contributed by atoms with E-state index in [1.165, 1.54) is 11.4 Å². The van der Waals surface area contributed by atoms with Crippen molar-refractivity contribution in [3.8, 4) is 11.5 Å². The van der Waals surface area contributed by atoms with Crippen LogP contribution in [0.4, 0.5) is 11.4 Å². The van der Waals surface area contributed by atoms with Gasteiger partial charge < -0.3 is 34.9 Å². The molecule has 1 aliphatic rings. The summed E-state index contributed by atoms with van der Waals surface area (Å²) in [5.41, 5.74) is 4.14. The Hall–Kier alpha value is -4.75. The number of hydrogen-bond acceptors (Lipinski definition) is 8. The van der Waals surface area contributed by atoms with Gasteiger partial charge in [-0.15, -0.1) is 0 Å². The third-order valence-corrected chi connectivity index (χ3v) is 9.76. The minimum atomic E-state index is -3.54. The van der Waals surface area contributed by atoms with Gasteiger partial charge in [-0.3, -0.25) is 13.9 Å². The van der Waals surface area contributed by atoms with Gasteiger partial charge in [-0.1, -0.05) is 36.4 Å². The number of aryl methyl sites for hydroxylation is 2. The smallest absolute Gasteiger partial charge is 0.290 e. The van der Waals surface area contributed by atoms with Crippen LogP contribution in [0.15, 0.2) is 66.9 Å². The Morgan fingerprint density at radius 2 is 1.80 bits per heavy atom. The molecule has 1 aromatic heterocycles. The first-order valence-electron chi connectivity index (χ1n) is 14.8. The highest BCUT2D eigenvalue weighted by Gasteiger charge is 2.30. The van der Waals surface area contributed by atoms with Crippen LogP contribution in [0.5, 0.6) is 11.5 Å². The number of benzene rings is 3. The van der Waals surface area contributed by atoms with Gasteiger partial charge in [-0.05, 0) is 55.2 Å². The molecular weight excluding hydrogens is 612 g/mol. The fourth-order valence-electron chi connectivity index (χ4n) is 5.63. The molecule has 4 aromatic rings. The number of ether oxygens (including phenoxy) is 2. The number of sulfonamides is 1. The Balaban J connectivity index is 0.00000154. The summed E-state index contributed by atoms with van der Waals surface area (Å²) in [6.45, 7) is 2.55. The van der Waals surface area contributed by atoms with Crippen molar-refractivity contribution in [3.63, 3.8) is 0 Å². The monoisotopic (exact) mass is 652 g/mol. The van der Waals surface area contributed by atoms with E-state index in [0.29, 0.717) is 47.8 Å². The molecule has 3 aromatic carbocycles. The largest absolute Gasteiger partial charge is 0.493 e. The lowest BCUT2D eigenvalue weighted by atomic mass is 9.99. The first-order valence-corrected chi connectivity index (χ1v) is 16.4. The van der Waals surface area contributed by atoms with Crippen LogP contribution in [0, 0.1) is 0 Å². The third-order valence-electron chi connectivity index (χ3n) is 8.01. The Morgan fingerprint density at radius 3 is 2.46 bits per heavy atom. The Morgan fingerprint density at radius 1 is 1.09 bits per heavy atom. The summed E-state index contributed by atoms with van der Waals surface area (Å²) in [6.07, 6.45) is 1.78. The molecule has 0 saturated heterocycles. The topological polar surface area (TPSA) is 159 Å². The number of methoxy groups -OCH3 is 2. The van der Waals surface area contributed by atoms with Crippen molar-refractivity contribution in [2.45, 2.75) is 38.5 Å². The number of rotatable bonds is 11. The molecule has 0 saturated carbocycles. The summed E-state index contributed by atoms with van der Waals surface area (Å²) in [5.74, 6) is 0.658. The highest BCUT2D eigenvalue weighted by molar-refractivity contribution is 7.92. The second kappa shape index (κ2) is 15.0. The predicted octanol–water partition coefficient (Wildman–Crippen LogP) is 3.52. The van der Waals surface area contributed by atoms with E-state index in [0.717, 1.165) is 22.0 Å². The average Bonchev–Trinajstić information content (AvgIpc) is 3.39. The van der Waals surface area contributed by atoms with E-state index in [2.05, 4.69) is 10.6 Å². The van der Waals surface area contributed by atoms with E-state index < -0.39 is 28.1 Å². The predicted molar refractivity (Wildman–Crippen MR) is 178 cm³/mol. The van der Waals surface area contributed by atoms with E-state index in [-0.39, 0.29) is 18.8 Å². The van der Waals surface area contributed by atoms with Crippen molar-refractivity contribution in [1.82, 2.24) is 9.88 Å². The molecule has 4 N–H and O–H groups in total. The van der Waals surface area contributed by atoms with Crippen LogP contribution in [0.2, 0.25) is 0 Å². The number of carboxylic acid groups (broad SMARTS) is 1. The standard InChI is InChI=1S/C32H38N4O6S.CH2O2/c1-5-36-20-22-14-15-43(39,40)35(2)26-17-23(18-27(36)30(22)26)32(38)34-25(16-21-10-7-6-8-11-21)28(37)19-33-24-12-9-13-29(41-3)31(24)42-4;2-1-3/h6-13,17-18,20,25,28,33,37H,5,14-16,19H2,1-4H3,(H,34,38);1H,(H,2,3)/t25-,28+;/m0./s1. The molecule has 13 heteroatoms. The second-order valence-corrected chi connectivity index (χ2v) is 12.8. The Bertz CT molecular complexity index is 1780. The normalized spacial score (nSPS) is 14.7. The number of nitrogens with one attached hydrogen (secondary N) is 2. The van der Waals surface area contributed by atoms with Gasteiger partial charge in [0.15, 0.2) is 11.5 Å². The van der Waals surface area contributed by atoms with Crippen molar-refractivity contribution >= 4 is 44.7 Å². The lowest BCUT2D eigenvalue weighted by molar-refractivity contribution is -0.122. The quantitative estimate of drug-likeness (QED) is 0.178. The van der Waals surface area contributed by atoms with Gasteiger partial charge in [0.2, 0.25) is 10.0 Å². The van der Waals surface area contributed by atoms with Crippen molar-refractivity contribution in [1.29, 1.82) is 0 Å². The number of amides is 1. The molecule has 0 spiro atoms. The minimum Gasteiger partial charge on any atom is -0.493 e. The number of aliphatic hydroxyl groups excluding tert-OH is 1. The van der Waals surface area contributed by atoms with Crippen molar-refractivity contribution < 1.29 is 37.7 Å². The van der Waals surface area contributed by atoms with E-state index in [9.17, 15) is 18.3 Å². The molecule has 5 rings (SSSR count). The summed E-state index contributed by atoms with van der Waals surface area (Å²) in [4.78, 5) is 22.2. The molecular formula is C33H40N4O8S. The lowest BCUT2D eigenvalue weighted by Gasteiger charge is -2.26. The summed E-state index contributed by atoms with van der Waals surface area (Å²) < 4.78 is 40.1. The molecule has 2 heterocycles. The number of nitrogens with zero attached hydrogens (tertiary/aromatic N) is 2. The fourth-order valence-corrected chi connectivity index (χ4v) is 6.83. The van der Waals surface area contributed by atoms with E-state index in [4.69, 9.17) is 19.4 Å². The maximum absolute atomic E-state index is 13.8. The molecule has 1 amide bonds. The van der Waals surface area contributed by atoms with Crippen molar-refractivity contribution in [2.75, 3.05) is 43.2 Å². The van der Waals surface area contributed by atoms with Crippen LogP contribution in [-0.4, -0.2) is 81.3 Å². The summed E-state index contributed by atoms with van der Waals surface area (Å²) >= 11 is 0. The summed E-state index contributed by atoms with van der Waals surface area (Å²) in [5, 5.41) is 25.4. The Labute approximate surface area is 268 Å². The zero-order chi connectivity index (χ0) is 33.4. The van der Waals surface area contributed by atoms with Crippen LogP contribution in [0.25, 0.3) is 10.9 Å². The number of aliphatic hydroxyl groups is 1. The molecule has 0 aliphatic carbocycles. The van der Waals surface area contributed by atoms with Crippen LogP contribution in [0.3, 0.4) is 0 Å². The molecule has 2 atom stereocenters. The number of hydrogen-bond donors (Lipinski definition) is 4. The third kappa shape index (κ3) is 7.37. The lowest BCUT2D eigenvalue weighted by Crippen LogP contribution is -2.47. The van der Waals surface area contributed by atoms with Gasteiger partial charge in [0.05, 0.1) is 49.0 Å². The number of carbonyl (C=O) groups excluding carboxylic acids is 1. The van der Waals surface area contributed by atoms with Crippen LogP contribution in [0.1, 0.15) is 28.4 Å². The number of anilines is 2. The molecule has 0 unspecified atom stereocenters. The first kappa shape index (κ1) is 34.1. The fraction of sp³-hybridized carbons (Fsp3) is 0.333.